The maximum absolute atomic E-state index is 13.0. The van der Waals surface area contributed by atoms with Gasteiger partial charge in [-0.1, -0.05) is 6.07 Å². The Kier molecular flexibility index (Phi) is 3.35. The first-order valence-corrected chi connectivity index (χ1v) is 5.14. The molecule has 0 atom stereocenters. The summed E-state index contributed by atoms with van der Waals surface area (Å²) in [7, 11) is 1.54. The highest BCUT2D eigenvalue weighted by atomic mass is 19.1. The van der Waals surface area contributed by atoms with E-state index in [1.165, 1.54) is 12.1 Å². The van der Waals surface area contributed by atoms with Gasteiger partial charge in [-0.05, 0) is 29.3 Å². The largest absolute Gasteiger partial charge is 0.481 e. The molecule has 0 radical (unpaired) electrons. The number of rotatable bonds is 3. The third kappa shape index (κ3) is 2.42. The topological polar surface area (TPSA) is 42.4 Å². The Hall–Kier alpha value is -1.94. The standard InChI is InChI=1S/C13H12FNO2/c1-17-13-5-2-9(7-15-13)12-4-3-11(14)6-10(12)8-16/h2-7,16H,8H2,1H3. The molecular formula is C13H12FNO2. The molecule has 1 N–H and O–H groups in total. The van der Waals surface area contributed by atoms with Crippen LogP contribution in [0.3, 0.4) is 0 Å². The minimum atomic E-state index is -0.362. The SMILES string of the molecule is COc1ccc(-c2ccc(F)cc2CO)cn1. The molecule has 3 nitrogen and oxygen atoms in total. The average molecular weight is 233 g/mol. The molecule has 0 aliphatic carbocycles. The van der Waals surface area contributed by atoms with E-state index in [1.54, 1.807) is 25.4 Å². The van der Waals surface area contributed by atoms with Gasteiger partial charge in [0.25, 0.3) is 0 Å². The second-order valence-electron chi connectivity index (χ2n) is 3.55. The lowest BCUT2D eigenvalue weighted by Crippen LogP contribution is -1.92. The number of aliphatic hydroxyl groups is 1. The molecule has 2 aromatic rings. The Labute approximate surface area is 98.5 Å². The molecule has 1 aromatic carbocycles. The molecule has 1 heterocycles. The number of methoxy groups -OCH3 is 1. The van der Waals surface area contributed by atoms with Gasteiger partial charge in [-0.15, -0.1) is 0 Å². The number of nitrogens with zero attached hydrogens (tertiary/aromatic N) is 1. The minimum Gasteiger partial charge on any atom is -0.481 e. The second-order valence-corrected chi connectivity index (χ2v) is 3.55. The maximum Gasteiger partial charge on any atom is 0.212 e. The van der Waals surface area contributed by atoms with Crippen LogP contribution in [-0.4, -0.2) is 17.2 Å². The fraction of sp³-hybridized carbons (Fsp3) is 0.154. The van der Waals surface area contributed by atoms with E-state index in [-0.39, 0.29) is 12.4 Å². The van der Waals surface area contributed by atoms with Crippen molar-refractivity contribution in [2.24, 2.45) is 0 Å². The predicted octanol–water partition coefficient (Wildman–Crippen LogP) is 2.39. The fourth-order valence-corrected chi connectivity index (χ4v) is 1.64. The lowest BCUT2D eigenvalue weighted by Gasteiger charge is -2.08. The van der Waals surface area contributed by atoms with E-state index in [9.17, 15) is 9.50 Å². The summed E-state index contributed by atoms with van der Waals surface area (Å²) in [5, 5.41) is 9.19. The molecule has 0 amide bonds. The van der Waals surface area contributed by atoms with Crippen LogP contribution >= 0.6 is 0 Å². The van der Waals surface area contributed by atoms with Crippen LogP contribution < -0.4 is 4.74 Å². The van der Waals surface area contributed by atoms with E-state index in [0.717, 1.165) is 11.1 Å². The Morgan fingerprint density at radius 3 is 2.71 bits per heavy atom. The third-order valence-corrected chi connectivity index (χ3v) is 2.49. The monoisotopic (exact) mass is 233 g/mol. The first-order valence-electron chi connectivity index (χ1n) is 5.14. The number of halogens is 1. The van der Waals surface area contributed by atoms with Crippen LogP contribution in [0.5, 0.6) is 5.88 Å². The van der Waals surface area contributed by atoms with E-state index in [0.29, 0.717) is 11.4 Å². The van der Waals surface area contributed by atoms with Gasteiger partial charge in [0.15, 0.2) is 0 Å². The van der Waals surface area contributed by atoms with Crippen molar-refractivity contribution in [1.82, 2.24) is 4.98 Å². The summed E-state index contributed by atoms with van der Waals surface area (Å²) >= 11 is 0. The van der Waals surface area contributed by atoms with Crippen LogP contribution in [-0.2, 0) is 6.61 Å². The van der Waals surface area contributed by atoms with E-state index in [1.807, 2.05) is 6.07 Å². The summed E-state index contributed by atoms with van der Waals surface area (Å²) in [6, 6.07) is 7.85. The summed E-state index contributed by atoms with van der Waals surface area (Å²) in [6.45, 7) is -0.209. The molecule has 0 saturated carbocycles. The summed E-state index contributed by atoms with van der Waals surface area (Å²) in [5.74, 6) is 0.153. The van der Waals surface area contributed by atoms with Gasteiger partial charge in [0.2, 0.25) is 5.88 Å². The zero-order chi connectivity index (χ0) is 12.3. The van der Waals surface area contributed by atoms with E-state index < -0.39 is 0 Å². The maximum atomic E-state index is 13.0. The van der Waals surface area contributed by atoms with Crippen molar-refractivity contribution in [1.29, 1.82) is 0 Å². The Morgan fingerprint density at radius 2 is 2.12 bits per heavy atom. The van der Waals surface area contributed by atoms with Crippen molar-refractivity contribution in [3.05, 3.63) is 47.9 Å². The highest BCUT2D eigenvalue weighted by Gasteiger charge is 2.06. The summed E-state index contributed by atoms with van der Waals surface area (Å²) in [6.07, 6.45) is 1.63. The second kappa shape index (κ2) is 4.93. The van der Waals surface area contributed by atoms with E-state index in [4.69, 9.17) is 4.74 Å². The van der Waals surface area contributed by atoms with Gasteiger partial charge < -0.3 is 9.84 Å². The van der Waals surface area contributed by atoms with Gasteiger partial charge in [-0.2, -0.15) is 0 Å². The van der Waals surface area contributed by atoms with Crippen LogP contribution in [0.4, 0.5) is 4.39 Å². The summed E-state index contributed by atoms with van der Waals surface area (Å²) < 4.78 is 18.0. The molecule has 88 valence electrons. The third-order valence-electron chi connectivity index (χ3n) is 2.49. The number of benzene rings is 1. The van der Waals surface area contributed by atoms with E-state index in [2.05, 4.69) is 4.98 Å². The van der Waals surface area contributed by atoms with Crippen molar-refractivity contribution in [2.75, 3.05) is 7.11 Å². The molecule has 0 unspecified atom stereocenters. The fourth-order valence-electron chi connectivity index (χ4n) is 1.64. The highest BCUT2D eigenvalue weighted by molar-refractivity contribution is 5.66. The molecule has 0 fully saturated rings. The number of aromatic nitrogens is 1. The normalized spacial score (nSPS) is 10.3. The zero-order valence-electron chi connectivity index (χ0n) is 9.35. The summed E-state index contributed by atoms with van der Waals surface area (Å²) in [5.41, 5.74) is 2.12. The number of hydrogen-bond acceptors (Lipinski definition) is 3. The molecule has 0 aliphatic heterocycles. The number of aliphatic hydroxyl groups excluding tert-OH is 1. The lowest BCUT2D eigenvalue weighted by atomic mass is 10.0. The van der Waals surface area contributed by atoms with Crippen molar-refractivity contribution >= 4 is 0 Å². The van der Waals surface area contributed by atoms with Crippen LogP contribution in [0.25, 0.3) is 11.1 Å². The van der Waals surface area contributed by atoms with Crippen LogP contribution in [0, 0.1) is 5.82 Å². The van der Waals surface area contributed by atoms with Crippen LogP contribution in [0.1, 0.15) is 5.56 Å². The van der Waals surface area contributed by atoms with E-state index >= 15 is 0 Å². The van der Waals surface area contributed by atoms with Crippen LogP contribution in [0.2, 0.25) is 0 Å². The zero-order valence-corrected chi connectivity index (χ0v) is 9.35. The van der Waals surface area contributed by atoms with Gasteiger partial charge in [-0.25, -0.2) is 9.37 Å². The highest BCUT2D eigenvalue weighted by Crippen LogP contribution is 2.25. The average Bonchev–Trinajstić information content (AvgIpc) is 2.39. The minimum absolute atomic E-state index is 0.209. The first-order chi connectivity index (χ1) is 8.24. The molecule has 0 spiro atoms. The molecule has 0 saturated heterocycles. The molecule has 2 rings (SSSR count). The van der Waals surface area contributed by atoms with Crippen molar-refractivity contribution in [3.63, 3.8) is 0 Å². The van der Waals surface area contributed by atoms with Gasteiger partial charge in [-0.3, -0.25) is 0 Å². The van der Waals surface area contributed by atoms with Gasteiger partial charge in [0.05, 0.1) is 13.7 Å². The molecule has 1 aromatic heterocycles. The number of pyridine rings is 1. The quantitative estimate of drug-likeness (QED) is 0.885. The van der Waals surface area contributed by atoms with Crippen molar-refractivity contribution in [2.45, 2.75) is 6.61 Å². The first kappa shape index (κ1) is 11.5. The summed E-state index contributed by atoms with van der Waals surface area (Å²) in [4.78, 5) is 4.07. The number of hydrogen-bond donors (Lipinski definition) is 1. The Bertz CT molecular complexity index is 511. The lowest BCUT2D eigenvalue weighted by molar-refractivity contribution is 0.282. The molecule has 0 aliphatic rings. The molecule has 17 heavy (non-hydrogen) atoms. The van der Waals surface area contributed by atoms with Gasteiger partial charge in [0, 0.05) is 17.8 Å². The molecule has 0 bridgehead atoms. The smallest absolute Gasteiger partial charge is 0.212 e. The van der Waals surface area contributed by atoms with Crippen molar-refractivity contribution in [3.8, 4) is 17.0 Å². The van der Waals surface area contributed by atoms with Gasteiger partial charge >= 0.3 is 0 Å². The Morgan fingerprint density at radius 1 is 1.29 bits per heavy atom. The molecular weight excluding hydrogens is 221 g/mol. The Balaban J connectivity index is 2.44. The van der Waals surface area contributed by atoms with Gasteiger partial charge in [0.1, 0.15) is 5.82 Å². The molecule has 4 heteroatoms. The van der Waals surface area contributed by atoms with Crippen LogP contribution in [0.15, 0.2) is 36.5 Å². The van der Waals surface area contributed by atoms with Crippen molar-refractivity contribution < 1.29 is 14.2 Å². The number of ether oxygens (including phenoxy) is 1. The predicted molar refractivity (Wildman–Crippen MR) is 62.1 cm³/mol.